The number of halogens is 1. The Labute approximate surface area is 221 Å². The summed E-state index contributed by atoms with van der Waals surface area (Å²) in [6.45, 7) is 0.357. The normalized spacial score (nSPS) is 13.3. The SMILES string of the molecule is COc1ccc(S(=O)(=O)CC[C@@H](O)[C@H](Cc2ccccc2)NCc2cc(Cl)ccc2-n2cnnn2)cc1. The molecular weight excluding hydrogens is 514 g/mol. The Kier molecular flexibility index (Phi) is 8.88. The van der Waals surface area contributed by atoms with Crippen LogP contribution in [-0.4, -0.2) is 58.7 Å². The van der Waals surface area contributed by atoms with Gasteiger partial charge in [0.1, 0.15) is 12.1 Å². The molecule has 0 unspecified atom stereocenters. The number of aliphatic hydroxyl groups is 1. The molecule has 4 aromatic rings. The summed E-state index contributed by atoms with van der Waals surface area (Å²) in [7, 11) is -2.06. The van der Waals surface area contributed by atoms with E-state index in [4.69, 9.17) is 16.3 Å². The second-order valence-electron chi connectivity index (χ2n) is 8.55. The van der Waals surface area contributed by atoms with Crippen molar-refractivity contribution in [3.8, 4) is 11.4 Å². The molecule has 0 amide bonds. The van der Waals surface area contributed by atoms with Crippen molar-refractivity contribution in [3.05, 3.63) is 95.3 Å². The third-order valence-electron chi connectivity index (χ3n) is 6.06. The molecule has 0 saturated carbocycles. The Morgan fingerprint density at radius 2 is 1.84 bits per heavy atom. The van der Waals surface area contributed by atoms with Gasteiger partial charge in [-0.05, 0) is 76.9 Å². The quantitative estimate of drug-likeness (QED) is 0.280. The third kappa shape index (κ3) is 7.14. The fraction of sp³-hybridized carbons (Fsp3) is 0.269. The highest BCUT2D eigenvalue weighted by atomic mass is 35.5. The summed E-state index contributed by atoms with van der Waals surface area (Å²) in [4.78, 5) is 0.193. The summed E-state index contributed by atoms with van der Waals surface area (Å²) in [6, 6.07) is 20.9. The monoisotopic (exact) mass is 541 g/mol. The number of benzene rings is 3. The number of tetrazole rings is 1. The Balaban J connectivity index is 1.50. The van der Waals surface area contributed by atoms with Crippen LogP contribution in [0.3, 0.4) is 0 Å². The Morgan fingerprint density at radius 1 is 1.08 bits per heavy atom. The molecule has 9 nitrogen and oxygen atoms in total. The Bertz CT molecular complexity index is 1380. The van der Waals surface area contributed by atoms with Crippen molar-refractivity contribution in [3.63, 3.8) is 0 Å². The van der Waals surface area contributed by atoms with E-state index < -0.39 is 22.0 Å². The van der Waals surface area contributed by atoms with E-state index in [0.29, 0.717) is 23.7 Å². The second-order valence-corrected chi connectivity index (χ2v) is 11.1. The fourth-order valence-electron chi connectivity index (χ4n) is 4.02. The molecule has 1 heterocycles. The van der Waals surface area contributed by atoms with Crippen LogP contribution in [0.25, 0.3) is 5.69 Å². The molecule has 0 spiro atoms. The number of nitrogens with zero attached hydrogens (tertiary/aromatic N) is 4. The van der Waals surface area contributed by atoms with E-state index in [9.17, 15) is 13.5 Å². The van der Waals surface area contributed by atoms with Gasteiger partial charge in [0.25, 0.3) is 0 Å². The fourth-order valence-corrected chi connectivity index (χ4v) is 5.56. The lowest BCUT2D eigenvalue weighted by molar-refractivity contribution is 0.122. The number of sulfone groups is 1. The first-order valence-electron chi connectivity index (χ1n) is 11.7. The van der Waals surface area contributed by atoms with Gasteiger partial charge in [-0.15, -0.1) is 5.10 Å². The van der Waals surface area contributed by atoms with Crippen LogP contribution in [0, 0.1) is 0 Å². The molecule has 1 aromatic heterocycles. The van der Waals surface area contributed by atoms with Crippen LogP contribution < -0.4 is 10.1 Å². The lowest BCUT2D eigenvalue weighted by Crippen LogP contribution is -2.42. The van der Waals surface area contributed by atoms with E-state index in [-0.39, 0.29) is 17.1 Å². The standard InChI is InChI=1S/C26H28ClN5O4S/c1-36-22-8-10-23(11-9-22)37(34,35)14-13-26(33)24(15-19-5-3-2-4-6-19)28-17-20-16-21(27)7-12-25(20)32-18-29-30-31-32/h2-12,16,18,24,26,28,33H,13-15,17H2,1H3/t24-,26+/m0/s1. The first-order chi connectivity index (χ1) is 17.9. The lowest BCUT2D eigenvalue weighted by Gasteiger charge is -2.25. The molecule has 3 aromatic carbocycles. The summed E-state index contributed by atoms with van der Waals surface area (Å²) in [6.07, 6.45) is 1.14. The molecular formula is C26H28ClN5O4S. The lowest BCUT2D eigenvalue weighted by atomic mass is 9.99. The molecule has 0 radical (unpaired) electrons. The molecule has 194 valence electrons. The van der Waals surface area contributed by atoms with Crippen molar-refractivity contribution in [2.45, 2.75) is 36.4 Å². The molecule has 11 heteroatoms. The largest absolute Gasteiger partial charge is 0.497 e. The van der Waals surface area contributed by atoms with Crippen LogP contribution in [-0.2, 0) is 22.8 Å². The molecule has 4 rings (SSSR count). The van der Waals surface area contributed by atoms with Crippen LogP contribution in [0.5, 0.6) is 5.75 Å². The minimum Gasteiger partial charge on any atom is -0.497 e. The molecule has 2 N–H and O–H groups in total. The van der Waals surface area contributed by atoms with Gasteiger partial charge >= 0.3 is 0 Å². The molecule has 0 bridgehead atoms. The van der Waals surface area contributed by atoms with Gasteiger partial charge in [-0.3, -0.25) is 0 Å². The average molecular weight is 542 g/mol. The number of aliphatic hydroxyl groups excluding tert-OH is 1. The zero-order chi connectivity index (χ0) is 26.3. The zero-order valence-corrected chi connectivity index (χ0v) is 21.8. The van der Waals surface area contributed by atoms with Crippen LogP contribution >= 0.6 is 11.6 Å². The van der Waals surface area contributed by atoms with Gasteiger partial charge in [0.05, 0.1) is 29.5 Å². The van der Waals surface area contributed by atoms with Gasteiger partial charge < -0.3 is 15.2 Å². The van der Waals surface area contributed by atoms with E-state index >= 15 is 0 Å². The number of rotatable bonds is 12. The molecule has 0 aliphatic heterocycles. The van der Waals surface area contributed by atoms with Crippen molar-refractivity contribution < 1.29 is 18.3 Å². The summed E-state index contributed by atoms with van der Waals surface area (Å²) in [5.74, 6) is 0.383. The Hall–Kier alpha value is -3.31. The number of hydrogen-bond acceptors (Lipinski definition) is 8. The van der Waals surface area contributed by atoms with Crippen molar-refractivity contribution in [1.29, 1.82) is 0 Å². The predicted molar refractivity (Wildman–Crippen MR) is 141 cm³/mol. The van der Waals surface area contributed by atoms with E-state index in [1.165, 1.54) is 30.3 Å². The topological polar surface area (TPSA) is 119 Å². The summed E-state index contributed by atoms with van der Waals surface area (Å²) in [5.41, 5.74) is 2.59. The van der Waals surface area contributed by atoms with Crippen LogP contribution in [0.4, 0.5) is 0 Å². The molecule has 0 aliphatic rings. The van der Waals surface area contributed by atoms with E-state index in [2.05, 4.69) is 20.8 Å². The van der Waals surface area contributed by atoms with E-state index in [1.807, 2.05) is 42.5 Å². The molecule has 0 saturated heterocycles. The van der Waals surface area contributed by atoms with Crippen molar-refractivity contribution in [2.75, 3.05) is 12.9 Å². The number of aromatic nitrogens is 4. The Morgan fingerprint density at radius 3 is 2.51 bits per heavy atom. The predicted octanol–water partition coefficient (Wildman–Crippen LogP) is 3.25. The van der Waals surface area contributed by atoms with Gasteiger partial charge in [-0.1, -0.05) is 41.9 Å². The van der Waals surface area contributed by atoms with Crippen LogP contribution in [0.2, 0.25) is 5.02 Å². The van der Waals surface area contributed by atoms with Crippen molar-refractivity contribution in [1.82, 2.24) is 25.5 Å². The molecule has 0 aliphatic carbocycles. The maximum absolute atomic E-state index is 12.9. The molecule has 37 heavy (non-hydrogen) atoms. The van der Waals surface area contributed by atoms with E-state index in [1.54, 1.807) is 18.2 Å². The smallest absolute Gasteiger partial charge is 0.178 e. The highest BCUT2D eigenvalue weighted by Crippen LogP contribution is 2.21. The minimum absolute atomic E-state index is 0.0638. The van der Waals surface area contributed by atoms with Gasteiger partial charge in [0.2, 0.25) is 0 Å². The maximum atomic E-state index is 12.9. The van der Waals surface area contributed by atoms with Gasteiger partial charge in [-0.2, -0.15) is 0 Å². The highest BCUT2D eigenvalue weighted by Gasteiger charge is 2.24. The third-order valence-corrected chi connectivity index (χ3v) is 8.05. The van der Waals surface area contributed by atoms with Gasteiger partial charge in [0.15, 0.2) is 9.84 Å². The average Bonchev–Trinajstić information content (AvgIpc) is 3.45. The molecule has 0 fully saturated rings. The van der Waals surface area contributed by atoms with Crippen LogP contribution in [0.15, 0.2) is 84.0 Å². The second kappa shape index (κ2) is 12.3. The molecule has 2 atom stereocenters. The minimum atomic E-state index is -3.58. The van der Waals surface area contributed by atoms with E-state index in [0.717, 1.165) is 16.8 Å². The summed E-state index contributed by atoms with van der Waals surface area (Å²) in [5, 5.41) is 26.5. The van der Waals surface area contributed by atoms with Gasteiger partial charge in [0, 0.05) is 17.6 Å². The number of nitrogens with one attached hydrogen (secondary N) is 1. The summed E-state index contributed by atoms with van der Waals surface area (Å²) >= 11 is 6.25. The van der Waals surface area contributed by atoms with Gasteiger partial charge in [-0.25, -0.2) is 13.1 Å². The van der Waals surface area contributed by atoms with Crippen LogP contribution in [0.1, 0.15) is 17.5 Å². The zero-order valence-electron chi connectivity index (χ0n) is 20.2. The maximum Gasteiger partial charge on any atom is 0.178 e. The van der Waals surface area contributed by atoms with Crippen molar-refractivity contribution >= 4 is 21.4 Å². The first-order valence-corrected chi connectivity index (χ1v) is 13.7. The number of hydrogen-bond donors (Lipinski definition) is 2. The highest BCUT2D eigenvalue weighted by molar-refractivity contribution is 7.91. The van der Waals surface area contributed by atoms with Crippen molar-refractivity contribution in [2.24, 2.45) is 0 Å². The summed E-state index contributed by atoms with van der Waals surface area (Å²) < 4.78 is 32.4. The number of ether oxygens (including phenoxy) is 1. The first kappa shape index (κ1) is 26.7. The number of methoxy groups -OCH3 is 1.